The minimum atomic E-state index is -2.80. The van der Waals surface area contributed by atoms with E-state index in [1.54, 1.807) is 17.2 Å². The normalized spacial score (nSPS) is 21.2. The summed E-state index contributed by atoms with van der Waals surface area (Å²) in [6, 6.07) is 4.33. The zero-order valence-corrected chi connectivity index (χ0v) is 17.7. The van der Waals surface area contributed by atoms with Crippen molar-refractivity contribution >= 4 is 23.4 Å². The molecular weight excluding hydrogens is 434 g/mol. The summed E-state index contributed by atoms with van der Waals surface area (Å²) in [6.07, 6.45) is 1.89. The quantitative estimate of drug-likeness (QED) is 0.449. The summed E-state index contributed by atoms with van der Waals surface area (Å²) in [5.74, 6) is -4.05. The third-order valence-electron chi connectivity index (χ3n) is 5.46. The lowest BCUT2D eigenvalue weighted by molar-refractivity contribution is -0.108. The number of nitrogens with zero attached hydrogens (tertiary/aromatic N) is 6. The molecule has 1 aliphatic heterocycles. The molecule has 4 heterocycles. The number of aromatic nitrogens is 5. The fraction of sp³-hybridized carbons (Fsp3) is 0.474. The summed E-state index contributed by atoms with van der Waals surface area (Å²) in [5.41, 5.74) is 0.851. The molecule has 0 spiro atoms. The number of anilines is 1. The Morgan fingerprint density at radius 3 is 2.77 bits per heavy atom. The Labute approximate surface area is 180 Å². The van der Waals surface area contributed by atoms with Crippen molar-refractivity contribution in [2.24, 2.45) is 11.8 Å². The van der Waals surface area contributed by atoms with Gasteiger partial charge in [0, 0.05) is 31.6 Å². The van der Waals surface area contributed by atoms with Gasteiger partial charge in [-0.05, 0) is 18.4 Å². The van der Waals surface area contributed by atoms with Crippen molar-refractivity contribution in [2.75, 3.05) is 30.8 Å². The molecule has 3 aromatic rings. The Morgan fingerprint density at radius 1 is 1.23 bits per heavy atom. The molecule has 0 aliphatic carbocycles. The van der Waals surface area contributed by atoms with Crippen molar-refractivity contribution in [3.05, 3.63) is 36.4 Å². The number of halogens is 4. The zero-order chi connectivity index (χ0) is 22.2. The topological polar surface area (TPSA) is 71.2 Å². The first-order valence-electron chi connectivity index (χ1n) is 9.65. The van der Waals surface area contributed by atoms with Crippen molar-refractivity contribution < 1.29 is 17.6 Å². The van der Waals surface area contributed by atoms with Crippen LogP contribution in [0.25, 0.3) is 17.0 Å². The molecule has 1 aliphatic rings. The lowest BCUT2D eigenvalue weighted by Gasteiger charge is -2.43. The number of imidazole rings is 1. The maximum Gasteiger partial charge on any atom is 0.282 e. The van der Waals surface area contributed by atoms with Gasteiger partial charge in [0.25, 0.3) is 12.3 Å². The SMILES string of the molecule is CSNC[C@@H]1CN(c2cc(-c3cnc4ccc(C(F)F)nn34)ncn2)C[C@H](C)C1(F)F. The molecule has 12 heteroatoms. The van der Waals surface area contributed by atoms with E-state index in [9.17, 15) is 17.6 Å². The molecule has 3 aromatic heterocycles. The summed E-state index contributed by atoms with van der Waals surface area (Å²) in [4.78, 5) is 14.5. The van der Waals surface area contributed by atoms with Gasteiger partial charge >= 0.3 is 0 Å². The van der Waals surface area contributed by atoms with Crippen LogP contribution in [-0.4, -0.2) is 56.4 Å². The monoisotopic (exact) mass is 455 g/mol. The smallest absolute Gasteiger partial charge is 0.282 e. The molecule has 0 amide bonds. The standard InChI is InChI=1S/C19H21F4N7S/c1-11-8-29(9-12(6-27-31-2)19(11,22)23)17-5-14(25-10-26-17)15-7-24-16-4-3-13(18(20)21)28-30(15)16/h3-5,7,10-12,18,27H,6,8-9H2,1-2H3/t11-,12+/m0/s1. The number of fused-ring (bicyclic) bond motifs is 1. The molecule has 166 valence electrons. The van der Waals surface area contributed by atoms with Crippen LogP contribution in [0.4, 0.5) is 23.4 Å². The molecule has 0 bridgehead atoms. The van der Waals surface area contributed by atoms with E-state index >= 15 is 0 Å². The molecule has 2 atom stereocenters. The van der Waals surface area contributed by atoms with Crippen LogP contribution in [0, 0.1) is 11.8 Å². The fourth-order valence-corrected chi connectivity index (χ4v) is 4.09. The Hall–Kier alpha value is -2.47. The van der Waals surface area contributed by atoms with E-state index in [2.05, 4.69) is 24.8 Å². The maximum atomic E-state index is 14.7. The highest BCUT2D eigenvalue weighted by Gasteiger charge is 2.49. The van der Waals surface area contributed by atoms with E-state index in [4.69, 9.17) is 0 Å². The van der Waals surface area contributed by atoms with Gasteiger partial charge in [0.1, 0.15) is 23.5 Å². The molecule has 7 nitrogen and oxygen atoms in total. The second kappa shape index (κ2) is 8.58. The second-order valence-corrected chi connectivity index (χ2v) is 8.16. The molecule has 1 N–H and O–H groups in total. The van der Waals surface area contributed by atoms with Crippen LogP contribution in [0.5, 0.6) is 0 Å². The van der Waals surface area contributed by atoms with E-state index in [1.807, 2.05) is 0 Å². The number of rotatable bonds is 6. The maximum absolute atomic E-state index is 14.7. The van der Waals surface area contributed by atoms with Crippen LogP contribution in [0.1, 0.15) is 19.0 Å². The fourth-order valence-electron chi connectivity index (χ4n) is 3.73. The first-order valence-corrected chi connectivity index (χ1v) is 10.9. The van der Waals surface area contributed by atoms with Crippen molar-refractivity contribution in [2.45, 2.75) is 19.3 Å². The van der Waals surface area contributed by atoms with Gasteiger partial charge in [0.05, 0.1) is 17.8 Å². The van der Waals surface area contributed by atoms with Gasteiger partial charge in [0.2, 0.25) is 0 Å². The summed E-state index contributed by atoms with van der Waals surface area (Å²) < 4.78 is 59.7. The van der Waals surface area contributed by atoms with Gasteiger partial charge in [-0.25, -0.2) is 37.0 Å². The van der Waals surface area contributed by atoms with Crippen LogP contribution in [0.15, 0.2) is 30.7 Å². The lowest BCUT2D eigenvalue weighted by atomic mass is 9.86. The molecule has 1 fully saturated rings. The average Bonchev–Trinajstić information content (AvgIpc) is 3.18. The van der Waals surface area contributed by atoms with Gasteiger partial charge < -0.3 is 4.90 Å². The lowest BCUT2D eigenvalue weighted by Crippen LogP contribution is -2.55. The van der Waals surface area contributed by atoms with Gasteiger partial charge in [-0.1, -0.05) is 18.9 Å². The Morgan fingerprint density at radius 2 is 2.03 bits per heavy atom. The van der Waals surface area contributed by atoms with Crippen molar-refractivity contribution in [3.63, 3.8) is 0 Å². The van der Waals surface area contributed by atoms with E-state index in [1.165, 1.54) is 48.0 Å². The van der Waals surface area contributed by atoms with Gasteiger partial charge in [-0.2, -0.15) is 5.10 Å². The highest BCUT2D eigenvalue weighted by atomic mass is 32.2. The predicted octanol–water partition coefficient (Wildman–Crippen LogP) is 3.70. The zero-order valence-electron chi connectivity index (χ0n) is 16.8. The molecule has 4 rings (SSSR count). The summed E-state index contributed by atoms with van der Waals surface area (Å²) in [5, 5.41) is 3.95. The number of nitrogens with one attached hydrogen (secondary N) is 1. The summed E-state index contributed by atoms with van der Waals surface area (Å²) in [7, 11) is 0. The highest BCUT2D eigenvalue weighted by molar-refractivity contribution is 7.96. The minimum absolute atomic E-state index is 0.127. The average molecular weight is 455 g/mol. The highest BCUT2D eigenvalue weighted by Crippen LogP contribution is 2.39. The number of piperidine rings is 1. The van der Waals surface area contributed by atoms with Crippen LogP contribution in [-0.2, 0) is 0 Å². The molecular formula is C19H21F4N7S. The molecule has 1 saturated heterocycles. The number of hydrogen-bond donors (Lipinski definition) is 1. The Kier molecular flexibility index (Phi) is 6.02. The van der Waals surface area contributed by atoms with Crippen LogP contribution >= 0.6 is 11.9 Å². The summed E-state index contributed by atoms with van der Waals surface area (Å²) in [6.45, 7) is 1.96. The minimum Gasteiger partial charge on any atom is -0.355 e. The van der Waals surface area contributed by atoms with Gasteiger partial charge in [-0.3, -0.25) is 4.72 Å². The number of alkyl halides is 4. The van der Waals surface area contributed by atoms with E-state index in [-0.39, 0.29) is 25.3 Å². The first-order chi connectivity index (χ1) is 14.8. The van der Waals surface area contributed by atoms with E-state index < -0.39 is 24.2 Å². The van der Waals surface area contributed by atoms with Crippen LogP contribution in [0.2, 0.25) is 0 Å². The van der Waals surface area contributed by atoms with Crippen molar-refractivity contribution in [1.29, 1.82) is 0 Å². The van der Waals surface area contributed by atoms with Gasteiger partial charge in [0.15, 0.2) is 5.65 Å². The van der Waals surface area contributed by atoms with E-state index in [0.29, 0.717) is 22.9 Å². The first kappa shape index (κ1) is 21.8. The number of hydrogen-bond acceptors (Lipinski definition) is 7. The molecule has 0 unspecified atom stereocenters. The van der Waals surface area contributed by atoms with Crippen LogP contribution < -0.4 is 9.62 Å². The molecule has 0 aromatic carbocycles. The Balaban J connectivity index is 1.66. The van der Waals surface area contributed by atoms with Gasteiger partial charge in [-0.15, -0.1) is 0 Å². The second-order valence-electron chi connectivity index (χ2n) is 7.46. The largest absolute Gasteiger partial charge is 0.355 e. The molecule has 31 heavy (non-hydrogen) atoms. The third kappa shape index (κ3) is 4.18. The van der Waals surface area contributed by atoms with Crippen molar-refractivity contribution in [1.82, 2.24) is 29.3 Å². The Bertz CT molecular complexity index is 1060. The summed E-state index contributed by atoms with van der Waals surface area (Å²) >= 11 is 1.30. The third-order valence-corrected chi connectivity index (χ3v) is 5.91. The molecule has 0 saturated carbocycles. The van der Waals surface area contributed by atoms with E-state index in [0.717, 1.165) is 0 Å². The molecule has 0 radical (unpaired) electrons. The predicted molar refractivity (Wildman–Crippen MR) is 110 cm³/mol. The van der Waals surface area contributed by atoms with Crippen LogP contribution in [0.3, 0.4) is 0 Å². The van der Waals surface area contributed by atoms with Crippen molar-refractivity contribution in [3.8, 4) is 11.4 Å².